The third kappa shape index (κ3) is 1.36. The number of anilines is 1. The summed E-state index contributed by atoms with van der Waals surface area (Å²) in [5, 5.41) is 0. The van der Waals surface area contributed by atoms with Crippen LogP contribution in [0.15, 0.2) is 12.1 Å². The summed E-state index contributed by atoms with van der Waals surface area (Å²) in [5.41, 5.74) is 2.14. The Morgan fingerprint density at radius 1 is 1.44 bits per heavy atom. The molecule has 1 heterocycles. The van der Waals surface area contributed by atoms with Crippen LogP contribution >= 0.6 is 22.6 Å². The Bertz CT molecular complexity index is 578. The molecule has 2 aliphatic rings. The van der Waals surface area contributed by atoms with E-state index in [2.05, 4.69) is 22.6 Å². The predicted molar refractivity (Wildman–Crippen MR) is 74.8 cm³/mol. The van der Waals surface area contributed by atoms with Crippen LogP contribution in [0.2, 0.25) is 0 Å². The number of likely N-dealkylation sites (N-methyl/N-ethyl adjacent to an activating group) is 1. The van der Waals surface area contributed by atoms with Crippen molar-refractivity contribution in [2.45, 2.75) is 18.3 Å². The van der Waals surface area contributed by atoms with Gasteiger partial charge < -0.3 is 9.64 Å². The molecule has 0 atom stereocenters. The zero-order chi connectivity index (χ0) is 13.1. The van der Waals surface area contributed by atoms with E-state index in [-0.39, 0.29) is 17.3 Å². The van der Waals surface area contributed by atoms with E-state index in [1.807, 2.05) is 6.07 Å². The Balaban J connectivity index is 2.19. The van der Waals surface area contributed by atoms with Crippen LogP contribution in [0.1, 0.15) is 28.8 Å². The molecule has 1 aromatic carbocycles. The number of rotatable bonds is 1. The normalized spacial score (nSPS) is 19.1. The fourth-order valence-electron chi connectivity index (χ4n) is 2.64. The molecule has 0 radical (unpaired) electrons. The number of methoxy groups -OCH3 is 1. The Morgan fingerprint density at radius 2 is 2.11 bits per heavy atom. The van der Waals surface area contributed by atoms with Gasteiger partial charge in [0.05, 0.1) is 18.1 Å². The molecule has 1 aliphatic heterocycles. The van der Waals surface area contributed by atoms with Crippen molar-refractivity contribution in [3.63, 3.8) is 0 Å². The fourth-order valence-corrected chi connectivity index (χ4v) is 3.33. The van der Waals surface area contributed by atoms with Gasteiger partial charge in [0.2, 0.25) is 5.91 Å². The molecule has 3 rings (SSSR count). The van der Waals surface area contributed by atoms with Gasteiger partial charge in [-0.3, -0.25) is 4.79 Å². The highest BCUT2D eigenvalue weighted by atomic mass is 127. The number of carbonyl (C=O) groups is 2. The number of benzene rings is 1. The number of ether oxygens (including phenoxy) is 1. The quantitative estimate of drug-likeness (QED) is 0.571. The highest BCUT2D eigenvalue weighted by molar-refractivity contribution is 14.1. The smallest absolute Gasteiger partial charge is 0.339 e. The van der Waals surface area contributed by atoms with Gasteiger partial charge in [-0.25, -0.2) is 4.79 Å². The minimum Gasteiger partial charge on any atom is -0.465 e. The van der Waals surface area contributed by atoms with E-state index in [4.69, 9.17) is 4.74 Å². The summed E-state index contributed by atoms with van der Waals surface area (Å²) in [7, 11) is 3.13. The molecule has 94 valence electrons. The van der Waals surface area contributed by atoms with Gasteiger partial charge in [0, 0.05) is 16.3 Å². The molecule has 0 saturated heterocycles. The van der Waals surface area contributed by atoms with Gasteiger partial charge in [-0.1, -0.05) is 0 Å². The Labute approximate surface area is 118 Å². The van der Waals surface area contributed by atoms with Crippen LogP contribution in [0, 0.1) is 3.57 Å². The molecule has 1 spiro atoms. The lowest BCUT2D eigenvalue weighted by Gasteiger charge is -2.11. The van der Waals surface area contributed by atoms with Crippen molar-refractivity contribution in [3.05, 3.63) is 26.8 Å². The van der Waals surface area contributed by atoms with Gasteiger partial charge >= 0.3 is 5.97 Å². The Morgan fingerprint density at radius 3 is 2.67 bits per heavy atom. The molecule has 5 heteroatoms. The maximum Gasteiger partial charge on any atom is 0.339 e. The van der Waals surface area contributed by atoms with Crippen LogP contribution in [0.25, 0.3) is 0 Å². The predicted octanol–water partition coefficient (Wildman–Crippen LogP) is 2.09. The van der Waals surface area contributed by atoms with Crippen LogP contribution in [-0.2, 0) is 14.9 Å². The largest absolute Gasteiger partial charge is 0.465 e. The first-order chi connectivity index (χ1) is 8.51. The van der Waals surface area contributed by atoms with E-state index in [1.165, 1.54) is 7.11 Å². The number of amides is 1. The third-order valence-corrected chi connectivity index (χ3v) is 4.72. The molecule has 1 aliphatic carbocycles. The average molecular weight is 357 g/mol. The minimum atomic E-state index is -0.361. The van der Waals surface area contributed by atoms with Crippen LogP contribution in [0.5, 0.6) is 0 Å². The summed E-state index contributed by atoms with van der Waals surface area (Å²) < 4.78 is 5.60. The standard InChI is InChI=1S/C13H12INO3/c1-15-10-5-7(11(16)18-2)9(14)6-8(10)13(3-4-13)12(15)17/h5-6H,3-4H2,1-2H3. The number of halogens is 1. The Kier molecular flexibility index (Phi) is 2.45. The highest BCUT2D eigenvalue weighted by Crippen LogP contribution is 2.57. The van der Waals surface area contributed by atoms with Gasteiger partial charge in [-0.15, -0.1) is 0 Å². The number of esters is 1. The molecule has 1 saturated carbocycles. The van der Waals surface area contributed by atoms with Crippen molar-refractivity contribution in [2.24, 2.45) is 0 Å². The molecule has 4 nitrogen and oxygen atoms in total. The number of fused-ring (bicyclic) bond motifs is 2. The summed E-state index contributed by atoms with van der Waals surface area (Å²) in [4.78, 5) is 25.5. The van der Waals surface area contributed by atoms with E-state index < -0.39 is 0 Å². The van der Waals surface area contributed by atoms with Crippen molar-refractivity contribution in [3.8, 4) is 0 Å². The van der Waals surface area contributed by atoms with Gasteiger partial charge in [0.15, 0.2) is 0 Å². The summed E-state index contributed by atoms with van der Waals surface area (Å²) in [6, 6.07) is 3.73. The molecule has 0 N–H and O–H groups in total. The van der Waals surface area contributed by atoms with Crippen molar-refractivity contribution >= 4 is 40.2 Å². The zero-order valence-corrected chi connectivity index (χ0v) is 12.3. The number of carbonyl (C=O) groups excluding carboxylic acids is 2. The maximum atomic E-state index is 12.2. The lowest BCUT2D eigenvalue weighted by atomic mass is 9.97. The molecule has 1 aromatic rings. The molecule has 0 aromatic heterocycles. The van der Waals surface area contributed by atoms with Crippen molar-refractivity contribution in [1.29, 1.82) is 0 Å². The van der Waals surface area contributed by atoms with Crippen molar-refractivity contribution in [1.82, 2.24) is 0 Å². The first-order valence-electron chi connectivity index (χ1n) is 5.72. The third-order valence-electron chi connectivity index (χ3n) is 3.83. The van der Waals surface area contributed by atoms with E-state index in [9.17, 15) is 9.59 Å². The van der Waals surface area contributed by atoms with Crippen LogP contribution in [0.3, 0.4) is 0 Å². The summed E-state index contributed by atoms with van der Waals surface area (Å²) in [6.45, 7) is 0. The van der Waals surface area contributed by atoms with Crippen LogP contribution in [-0.4, -0.2) is 26.0 Å². The van der Waals surface area contributed by atoms with E-state index >= 15 is 0 Å². The lowest BCUT2D eigenvalue weighted by molar-refractivity contribution is -0.119. The number of hydrogen-bond donors (Lipinski definition) is 0. The maximum absolute atomic E-state index is 12.2. The molecule has 0 bridgehead atoms. The first kappa shape index (κ1) is 12.0. The second-order valence-electron chi connectivity index (χ2n) is 4.79. The zero-order valence-electron chi connectivity index (χ0n) is 10.1. The SMILES string of the molecule is COC(=O)c1cc2c(cc1I)C1(CC1)C(=O)N2C. The van der Waals surface area contributed by atoms with Crippen molar-refractivity contribution in [2.75, 3.05) is 19.1 Å². The summed E-state index contributed by atoms with van der Waals surface area (Å²) >= 11 is 2.12. The minimum absolute atomic E-state index is 0.148. The van der Waals surface area contributed by atoms with Crippen LogP contribution in [0.4, 0.5) is 5.69 Å². The average Bonchev–Trinajstić information content (AvgIpc) is 3.14. The second kappa shape index (κ2) is 3.69. The number of hydrogen-bond acceptors (Lipinski definition) is 3. The summed E-state index contributed by atoms with van der Waals surface area (Å²) in [5.74, 6) is -0.213. The lowest BCUT2D eigenvalue weighted by Crippen LogP contribution is -2.27. The van der Waals surface area contributed by atoms with Gasteiger partial charge in [-0.05, 0) is 53.1 Å². The van der Waals surface area contributed by atoms with E-state index in [0.29, 0.717) is 5.56 Å². The Hall–Kier alpha value is -1.11. The first-order valence-corrected chi connectivity index (χ1v) is 6.79. The summed E-state index contributed by atoms with van der Waals surface area (Å²) in [6.07, 6.45) is 1.83. The van der Waals surface area contributed by atoms with Gasteiger partial charge in [-0.2, -0.15) is 0 Å². The molecular weight excluding hydrogens is 345 g/mol. The second-order valence-corrected chi connectivity index (χ2v) is 5.95. The topological polar surface area (TPSA) is 46.6 Å². The molecule has 18 heavy (non-hydrogen) atoms. The van der Waals surface area contributed by atoms with Gasteiger partial charge in [0.1, 0.15) is 0 Å². The molecule has 0 unspecified atom stereocenters. The monoisotopic (exact) mass is 357 g/mol. The number of nitrogens with zero attached hydrogens (tertiary/aromatic N) is 1. The van der Waals surface area contributed by atoms with Crippen LogP contribution < -0.4 is 4.90 Å². The molecule has 1 fully saturated rings. The van der Waals surface area contributed by atoms with E-state index in [0.717, 1.165) is 27.7 Å². The highest BCUT2D eigenvalue weighted by Gasteiger charge is 2.58. The van der Waals surface area contributed by atoms with E-state index in [1.54, 1.807) is 18.0 Å². The van der Waals surface area contributed by atoms with Crippen molar-refractivity contribution < 1.29 is 14.3 Å². The fraction of sp³-hybridized carbons (Fsp3) is 0.385. The molecular formula is C13H12INO3. The van der Waals surface area contributed by atoms with Gasteiger partial charge in [0.25, 0.3) is 0 Å². The molecule has 1 amide bonds.